The molecular formula is C17H21N5O3. The van der Waals surface area contributed by atoms with E-state index in [0.29, 0.717) is 18.9 Å². The first-order valence-electron chi connectivity index (χ1n) is 8.13. The third-order valence-electron chi connectivity index (χ3n) is 4.29. The topological polar surface area (TPSA) is 91.6 Å². The predicted molar refractivity (Wildman–Crippen MR) is 91.1 cm³/mol. The van der Waals surface area contributed by atoms with Crippen LogP contribution < -0.4 is 10.2 Å². The molecule has 0 saturated carbocycles. The fourth-order valence-corrected chi connectivity index (χ4v) is 2.78. The number of nitrogens with one attached hydrogen (secondary N) is 1. The summed E-state index contributed by atoms with van der Waals surface area (Å²) in [6.45, 7) is 5.27. The molecule has 1 aromatic heterocycles. The second kappa shape index (κ2) is 7.02. The van der Waals surface area contributed by atoms with Crippen LogP contribution >= 0.6 is 0 Å². The zero-order chi connectivity index (χ0) is 18.0. The van der Waals surface area contributed by atoms with E-state index in [1.165, 1.54) is 7.05 Å². The number of piperazine rings is 1. The van der Waals surface area contributed by atoms with E-state index in [1.54, 1.807) is 4.90 Å². The molecule has 1 aliphatic rings. The SMILES string of the molecule is CNC(=O)c1nc(CN2CC(=O)N(c3ccc(C)cc3)C[C@H]2C)no1. The summed E-state index contributed by atoms with van der Waals surface area (Å²) < 4.78 is 4.93. The minimum Gasteiger partial charge on any atom is -0.351 e. The lowest BCUT2D eigenvalue weighted by Crippen LogP contribution is -2.55. The van der Waals surface area contributed by atoms with E-state index in [2.05, 4.69) is 15.5 Å². The number of aryl methyl sites for hydroxylation is 1. The molecule has 2 amide bonds. The molecule has 1 N–H and O–H groups in total. The Hall–Kier alpha value is -2.74. The molecule has 0 bridgehead atoms. The Labute approximate surface area is 145 Å². The van der Waals surface area contributed by atoms with Gasteiger partial charge >= 0.3 is 11.8 Å². The van der Waals surface area contributed by atoms with Crippen LogP contribution in [0.2, 0.25) is 0 Å². The standard InChI is InChI=1S/C17H21N5O3/c1-11-4-6-13(7-5-11)22-8-12(2)21(10-15(22)23)9-14-19-17(25-20-14)16(24)18-3/h4-7,12H,8-10H2,1-3H3,(H,18,24)/t12-/m1/s1. The van der Waals surface area contributed by atoms with Crippen LogP contribution in [0.3, 0.4) is 0 Å². The van der Waals surface area contributed by atoms with Gasteiger partial charge in [0.1, 0.15) is 0 Å². The molecule has 0 aliphatic carbocycles. The highest BCUT2D eigenvalue weighted by Gasteiger charge is 2.31. The van der Waals surface area contributed by atoms with Crippen LogP contribution in [0.5, 0.6) is 0 Å². The van der Waals surface area contributed by atoms with Crippen LogP contribution in [0, 0.1) is 6.92 Å². The predicted octanol–water partition coefficient (Wildman–Crippen LogP) is 0.975. The maximum absolute atomic E-state index is 12.5. The number of benzene rings is 1. The molecule has 2 heterocycles. The number of aromatic nitrogens is 2. The van der Waals surface area contributed by atoms with Crippen molar-refractivity contribution in [1.29, 1.82) is 0 Å². The first-order valence-corrected chi connectivity index (χ1v) is 8.13. The number of hydrogen-bond donors (Lipinski definition) is 1. The van der Waals surface area contributed by atoms with E-state index in [0.717, 1.165) is 11.3 Å². The lowest BCUT2D eigenvalue weighted by molar-refractivity contribution is -0.122. The van der Waals surface area contributed by atoms with E-state index in [9.17, 15) is 9.59 Å². The minimum atomic E-state index is -0.424. The van der Waals surface area contributed by atoms with Gasteiger partial charge in [0.25, 0.3) is 0 Å². The number of rotatable bonds is 4. The number of carbonyl (C=O) groups is 2. The molecule has 3 rings (SSSR count). The van der Waals surface area contributed by atoms with Gasteiger partial charge in [-0.15, -0.1) is 0 Å². The molecule has 132 valence electrons. The molecule has 1 aliphatic heterocycles. The molecular weight excluding hydrogens is 322 g/mol. The van der Waals surface area contributed by atoms with E-state index < -0.39 is 5.91 Å². The number of nitrogens with zero attached hydrogens (tertiary/aromatic N) is 4. The molecule has 1 atom stereocenters. The molecule has 2 aromatic rings. The molecule has 8 heteroatoms. The van der Waals surface area contributed by atoms with Crippen molar-refractivity contribution in [1.82, 2.24) is 20.4 Å². The molecule has 0 unspecified atom stereocenters. The second-order valence-corrected chi connectivity index (χ2v) is 6.19. The maximum atomic E-state index is 12.5. The number of carbonyl (C=O) groups excluding carboxylic acids is 2. The molecule has 0 radical (unpaired) electrons. The summed E-state index contributed by atoms with van der Waals surface area (Å²) in [5.74, 6) is -0.0826. The Balaban J connectivity index is 1.68. The Morgan fingerprint density at radius 1 is 1.36 bits per heavy atom. The number of amides is 2. The van der Waals surface area contributed by atoms with Gasteiger partial charge in [-0.2, -0.15) is 4.98 Å². The molecule has 1 fully saturated rings. The Morgan fingerprint density at radius 2 is 2.08 bits per heavy atom. The summed E-state index contributed by atoms with van der Waals surface area (Å²) in [4.78, 5) is 31.9. The zero-order valence-corrected chi connectivity index (χ0v) is 14.5. The van der Waals surface area contributed by atoms with E-state index in [4.69, 9.17) is 4.52 Å². The van der Waals surface area contributed by atoms with Crippen LogP contribution in [-0.4, -0.2) is 53.0 Å². The average Bonchev–Trinajstić information content (AvgIpc) is 3.06. The Kier molecular flexibility index (Phi) is 4.80. The summed E-state index contributed by atoms with van der Waals surface area (Å²) in [5, 5.41) is 6.24. The van der Waals surface area contributed by atoms with Crippen molar-refractivity contribution in [3.8, 4) is 0 Å². The zero-order valence-electron chi connectivity index (χ0n) is 14.5. The fraction of sp³-hybridized carbons (Fsp3) is 0.412. The maximum Gasteiger partial charge on any atom is 0.315 e. The summed E-state index contributed by atoms with van der Waals surface area (Å²) in [6, 6.07) is 8.05. The summed E-state index contributed by atoms with van der Waals surface area (Å²) in [7, 11) is 1.50. The molecule has 8 nitrogen and oxygen atoms in total. The average molecular weight is 343 g/mol. The molecule has 25 heavy (non-hydrogen) atoms. The van der Waals surface area contributed by atoms with Crippen LogP contribution in [0.15, 0.2) is 28.8 Å². The molecule has 1 aromatic carbocycles. The van der Waals surface area contributed by atoms with Crippen LogP contribution in [0.4, 0.5) is 5.69 Å². The van der Waals surface area contributed by atoms with Crippen molar-refractivity contribution in [3.05, 3.63) is 41.5 Å². The fourth-order valence-electron chi connectivity index (χ4n) is 2.78. The number of anilines is 1. The molecule has 0 spiro atoms. The van der Waals surface area contributed by atoms with E-state index >= 15 is 0 Å². The Bertz CT molecular complexity index is 771. The van der Waals surface area contributed by atoms with Gasteiger partial charge in [0, 0.05) is 25.3 Å². The van der Waals surface area contributed by atoms with Crippen molar-refractivity contribution in [2.45, 2.75) is 26.4 Å². The Morgan fingerprint density at radius 3 is 2.76 bits per heavy atom. The van der Waals surface area contributed by atoms with Crippen molar-refractivity contribution in [3.63, 3.8) is 0 Å². The highest BCUT2D eigenvalue weighted by atomic mass is 16.5. The summed E-state index contributed by atoms with van der Waals surface area (Å²) in [6.07, 6.45) is 0. The highest BCUT2D eigenvalue weighted by molar-refractivity contribution is 5.95. The second-order valence-electron chi connectivity index (χ2n) is 6.19. The van der Waals surface area contributed by atoms with Gasteiger partial charge in [-0.1, -0.05) is 22.9 Å². The largest absolute Gasteiger partial charge is 0.351 e. The van der Waals surface area contributed by atoms with Crippen molar-refractivity contribution >= 4 is 17.5 Å². The van der Waals surface area contributed by atoms with Crippen LogP contribution in [0.25, 0.3) is 0 Å². The lowest BCUT2D eigenvalue weighted by Gasteiger charge is -2.38. The van der Waals surface area contributed by atoms with E-state index in [1.807, 2.05) is 43.0 Å². The third kappa shape index (κ3) is 3.69. The van der Waals surface area contributed by atoms with Crippen molar-refractivity contribution < 1.29 is 14.1 Å². The van der Waals surface area contributed by atoms with Gasteiger partial charge in [0.2, 0.25) is 5.91 Å². The van der Waals surface area contributed by atoms with Crippen LogP contribution in [-0.2, 0) is 11.3 Å². The quantitative estimate of drug-likeness (QED) is 0.890. The first kappa shape index (κ1) is 17.1. The summed E-state index contributed by atoms with van der Waals surface area (Å²) >= 11 is 0. The normalized spacial score (nSPS) is 18.4. The van der Waals surface area contributed by atoms with Crippen molar-refractivity contribution in [2.24, 2.45) is 0 Å². The third-order valence-corrected chi connectivity index (χ3v) is 4.29. The van der Waals surface area contributed by atoms with Gasteiger partial charge in [0.15, 0.2) is 5.82 Å². The first-order chi connectivity index (χ1) is 12.0. The van der Waals surface area contributed by atoms with Gasteiger partial charge < -0.3 is 14.7 Å². The van der Waals surface area contributed by atoms with Gasteiger partial charge in [0.05, 0.1) is 13.1 Å². The monoisotopic (exact) mass is 343 g/mol. The van der Waals surface area contributed by atoms with E-state index in [-0.39, 0.29) is 24.4 Å². The number of hydrogen-bond acceptors (Lipinski definition) is 6. The lowest BCUT2D eigenvalue weighted by atomic mass is 10.1. The summed E-state index contributed by atoms with van der Waals surface area (Å²) in [5.41, 5.74) is 2.07. The van der Waals surface area contributed by atoms with Crippen LogP contribution in [0.1, 0.15) is 29.0 Å². The van der Waals surface area contributed by atoms with Gasteiger partial charge in [-0.3, -0.25) is 14.5 Å². The van der Waals surface area contributed by atoms with Gasteiger partial charge in [-0.05, 0) is 26.0 Å². The minimum absolute atomic E-state index is 0.0250. The smallest absolute Gasteiger partial charge is 0.315 e. The molecule has 1 saturated heterocycles. The van der Waals surface area contributed by atoms with Gasteiger partial charge in [-0.25, -0.2) is 0 Å². The highest BCUT2D eigenvalue weighted by Crippen LogP contribution is 2.21. The van der Waals surface area contributed by atoms with Crippen molar-refractivity contribution in [2.75, 3.05) is 25.0 Å².